The second kappa shape index (κ2) is 5.84. The van der Waals surface area contributed by atoms with Gasteiger partial charge >= 0.3 is 0 Å². The molecule has 0 radical (unpaired) electrons. The zero-order valence-corrected chi connectivity index (χ0v) is 14.2. The van der Waals surface area contributed by atoms with Crippen LogP contribution in [0.2, 0.25) is 0 Å². The summed E-state index contributed by atoms with van der Waals surface area (Å²) in [5.74, 6) is -0.245. The Morgan fingerprint density at radius 1 is 1.09 bits per heavy atom. The van der Waals surface area contributed by atoms with E-state index >= 15 is 0 Å². The molecule has 2 atom stereocenters. The van der Waals surface area contributed by atoms with Crippen LogP contribution in [0.3, 0.4) is 0 Å². The number of fused-ring (bicyclic) bond motifs is 1. The van der Waals surface area contributed by atoms with Crippen LogP contribution in [0.4, 0.5) is 0 Å². The third-order valence-electron chi connectivity index (χ3n) is 4.99. The van der Waals surface area contributed by atoms with E-state index in [1.54, 1.807) is 0 Å². The van der Waals surface area contributed by atoms with E-state index in [9.17, 15) is 4.79 Å². The highest BCUT2D eigenvalue weighted by molar-refractivity contribution is 5.79. The molecule has 1 aliphatic carbocycles. The molecule has 0 saturated carbocycles. The van der Waals surface area contributed by atoms with Gasteiger partial charge in [-0.1, -0.05) is 69.3 Å². The Morgan fingerprint density at radius 2 is 1.83 bits per heavy atom. The minimum atomic E-state index is -0.189. The lowest BCUT2D eigenvalue weighted by Gasteiger charge is -2.33. The number of rotatable bonds is 2. The van der Waals surface area contributed by atoms with Crippen LogP contribution in [-0.2, 0) is 16.6 Å². The summed E-state index contributed by atoms with van der Waals surface area (Å²) in [6.07, 6.45) is 1.76. The van der Waals surface area contributed by atoms with Crippen LogP contribution in [0, 0.1) is 5.92 Å². The maximum Gasteiger partial charge on any atom is 0.221 e. The SMILES string of the molecule is CC(C)(C)c1cccc(C2c3ccccc3CCC2C(N)=O)c1. The van der Waals surface area contributed by atoms with E-state index in [4.69, 9.17) is 5.73 Å². The molecule has 2 N–H and O–H groups in total. The third kappa shape index (κ3) is 3.03. The second-order valence-electron chi connectivity index (χ2n) is 7.60. The number of benzene rings is 2. The van der Waals surface area contributed by atoms with Gasteiger partial charge in [0.05, 0.1) is 0 Å². The summed E-state index contributed by atoms with van der Waals surface area (Å²) in [5, 5.41) is 0. The molecule has 0 bridgehead atoms. The molecule has 0 aromatic heterocycles. The Hall–Kier alpha value is -2.09. The monoisotopic (exact) mass is 307 g/mol. The van der Waals surface area contributed by atoms with Crippen LogP contribution in [0.5, 0.6) is 0 Å². The summed E-state index contributed by atoms with van der Waals surface area (Å²) in [6.45, 7) is 6.64. The maximum atomic E-state index is 12.1. The minimum absolute atomic E-state index is 0.0692. The van der Waals surface area contributed by atoms with Gasteiger partial charge in [0.15, 0.2) is 0 Å². The molecule has 0 aliphatic heterocycles. The van der Waals surface area contributed by atoms with Gasteiger partial charge in [-0.15, -0.1) is 0 Å². The Balaban J connectivity index is 2.13. The van der Waals surface area contributed by atoms with Crippen molar-refractivity contribution in [1.29, 1.82) is 0 Å². The van der Waals surface area contributed by atoms with Crippen LogP contribution in [0.25, 0.3) is 0 Å². The van der Waals surface area contributed by atoms with Crippen LogP contribution in [0.15, 0.2) is 48.5 Å². The fraction of sp³-hybridized carbons (Fsp3) is 0.381. The molecular formula is C21H25NO. The van der Waals surface area contributed by atoms with Gasteiger partial charge in [-0.2, -0.15) is 0 Å². The van der Waals surface area contributed by atoms with Gasteiger partial charge in [-0.05, 0) is 40.5 Å². The number of aryl methyl sites for hydroxylation is 1. The lowest BCUT2D eigenvalue weighted by Crippen LogP contribution is -2.33. The highest BCUT2D eigenvalue weighted by Crippen LogP contribution is 2.41. The van der Waals surface area contributed by atoms with E-state index in [1.807, 2.05) is 0 Å². The first kappa shape index (κ1) is 15.8. The van der Waals surface area contributed by atoms with Crippen LogP contribution in [0.1, 0.15) is 55.4 Å². The van der Waals surface area contributed by atoms with E-state index in [-0.39, 0.29) is 23.2 Å². The van der Waals surface area contributed by atoms with Gasteiger partial charge in [-0.25, -0.2) is 0 Å². The van der Waals surface area contributed by atoms with Crippen molar-refractivity contribution >= 4 is 5.91 Å². The van der Waals surface area contributed by atoms with Crippen molar-refractivity contribution in [1.82, 2.24) is 0 Å². The minimum Gasteiger partial charge on any atom is -0.369 e. The van der Waals surface area contributed by atoms with Gasteiger partial charge in [0.1, 0.15) is 0 Å². The third-order valence-corrected chi connectivity index (χ3v) is 4.99. The first-order valence-corrected chi connectivity index (χ1v) is 8.35. The molecule has 3 rings (SSSR count). The molecule has 23 heavy (non-hydrogen) atoms. The predicted molar refractivity (Wildman–Crippen MR) is 94.4 cm³/mol. The fourth-order valence-electron chi connectivity index (χ4n) is 3.68. The van der Waals surface area contributed by atoms with Gasteiger partial charge < -0.3 is 5.73 Å². The number of hydrogen-bond donors (Lipinski definition) is 1. The van der Waals surface area contributed by atoms with Gasteiger partial charge in [0.2, 0.25) is 5.91 Å². The molecule has 2 aromatic rings. The Morgan fingerprint density at radius 3 is 2.52 bits per heavy atom. The normalized spacial score (nSPS) is 20.8. The topological polar surface area (TPSA) is 43.1 Å². The van der Waals surface area contributed by atoms with Crippen molar-refractivity contribution in [2.24, 2.45) is 11.7 Å². The van der Waals surface area contributed by atoms with Gasteiger partial charge in [-0.3, -0.25) is 4.79 Å². The number of nitrogens with two attached hydrogens (primary N) is 1. The lowest BCUT2D eigenvalue weighted by atomic mass is 9.71. The fourth-order valence-corrected chi connectivity index (χ4v) is 3.68. The molecule has 2 heteroatoms. The van der Waals surface area contributed by atoms with E-state index in [0.29, 0.717) is 0 Å². The smallest absolute Gasteiger partial charge is 0.221 e. The summed E-state index contributed by atoms with van der Waals surface area (Å²) in [7, 11) is 0. The Kier molecular flexibility index (Phi) is 4.01. The summed E-state index contributed by atoms with van der Waals surface area (Å²) < 4.78 is 0. The molecule has 120 valence electrons. The average Bonchev–Trinajstić information content (AvgIpc) is 2.53. The van der Waals surface area contributed by atoms with Crippen molar-refractivity contribution in [2.45, 2.75) is 44.9 Å². The zero-order chi connectivity index (χ0) is 16.6. The van der Waals surface area contributed by atoms with E-state index < -0.39 is 0 Å². The molecule has 2 nitrogen and oxygen atoms in total. The molecule has 0 saturated heterocycles. The number of hydrogen-bond acceptors (Lipinski definition) is 1. The number of carbonyl (C=O) groups is 1. The Labute approximate surface area is 138 Å². The lowest BCUT2D eigenvalue weighted by molar-refractivity contribution is -0.122. The predicted octanol–water partition coefficient (Wildman–Crippen LogP) is 4.16. The van der Waals surface area contributed by atoms with E-state index in [1.165, 1.54) is 22.3 Å². The molecule has 2 aromatic carbocycles. The van der Waals surface area contributed by atoms with E-state index in [0.717, 1.165) is 12.8 Å². The molecule has 2 unspecified atom stereocenters. The van der Waals surface area contributed by atoms with E-state index in [2.05, 4.69) is 69.3 Å². The highest BCUT2D eigenvalue weighted by atomic mass is 16.1. The summed E-state index contributed by atoms with van der Waals surface area (Å²) >= 11 is 0. The van der Waals surface area contributed by atoms with Crippen LogP contribution >= 0.6 is 0 Å². The molecule has 0 heterocycles. The molecule has 0 fully saturated rings. The van der Waals surface area contributed by atoms with Crippen molar-refractivity contribution in [2.75, 3.05) is 0 Å². The molecule has 1 amide bonds. The van der Waals surface area contributed by atoms with Crippen LogP contribution < -0.4 is 5.73 Å². The average molecular weight is 307 g/mol. The van der Waals surface area contributed by atoms with Gasteiger partial charge in [0.25, 0.3) is 0 Å². The largest absolute Gasteiger partial charge is 0.369 e. The van der Waals surface area contributed by atoms with Crippen molar-refractivity contribution in [3.05, 3.63) is 70.8 Å². The number of amides is 1. The van der Waals surface area contributed by atoms with Crippen molar-refractivity contribution in [3.63, 3.8) is 0 Å². The van der Waals surface area contributed by atoms with Crippen molar-refractivity contribution in [3.8, 4) is 0 Å². The maximum absolute atomic E-state index is 12.1. The molecule has 0 spiro atoms. The van der Waals surface area contributed by atoms with Crippen molar-refractivity contribution < 1.29 is 4.79 Å². The number of carbonyl (C=O) groups excluding carboxylic acids is 1. The molecule has 1 aliphatic rings. The molecular weight excluding hydrogens is 282 g/mol. The standard InChI is InChI=1S/C21H25NO/c1-21(2,3)16-9-6-8-15(13-16)19-17-10-5-4-7-14(17)11-12-18(19)20(22)23/h4-10,13,18-19H,11-12H2,1-3H3,(H2,22,23). The second-order valence-corrected chi connectivity index (χ2v) is 7.60. The highest BCUT2D eigenvalue weighted by Gasteiger charge is 2.34. The summed E-state index contributed by atoms with van der Waals surface area (Å²) in [4.78, 5) is 12.1. The zero-order valence-electron chi connectivity index (χ0n) is 14.2. The first-order chi connectivity index (χ1) is 10.9. The summed E-state index contributed by atoms with van der Waals surface area (Å²) in [5.41, 5.74) is 10.9. The quantitative estimate of drug-likeness (QED) is 0.889. The number of primary amides is 1. The van der Waals surface area contributed by atoms with Gasteiger partial charge in [0, 0.05) is 11.8 Å². The Bertz CT molecular complexity index is 727. The first-order valence-electron chi connectivity index (χ1n) is 8.35. The van der Waals surface area contributed by atoms with Crippen LogP contribution in [-0.4, -0.2) is 5.91 Å². The summed E-state index contributed by atoms with van der Waals surface area (Å²) in [6, 6.07) is 17.1.